The minimum Gasteiger partial charge on any atom is -0.451 e. The molecule has 0 atom stereocenters. The number of carbonyl (C=O) groups is 2. The number of ether oxygens (including phenoxy) is 1. The van der Waals surface area contributed by atoms with Crippen molar-refractivity contribution in [1.82, 2.24) is 9.55 Å². The monoisotopic (exact) mass is 412 g/mol. The lowest BCUT2D eigenvalue weighted by Gasteiger charge is -2.13. The van der Waals surface area contributed by atoms with Crippen LogP contribution in [0, 0.1) is 25.2 Å². The minimum atomic E-state index is -0.627. The zero-order valence-electron chi connectivity index (χ0n) is 17.1. The first-order valence-electron chi connectivity index (χ1n) is 9.71. The molecular formula is C24H20N4O3. The van der Waals surface area contributed by atoms with E-state index >= 15 is 0 Å². The first-order chi connectivity index (χ1) is 15.0. The maximum atomic E-state index is 12.6. The Morgan fingerprint density at radius 2 is 1.81 bits per heavy atom. The fraction of sp³-hybridized carbons (Fsp3) is 0.125. The number of nitriles is 1. The van der Waals surface area contributed by atoms with E-state index in [9.17, 15) is 14.9 Å². The quantitative estimate of drug-likeness (QED) is 0.479. The summed E-state index contributed by atoms with van der Waals surface area (Å²) in [7, 11) is 0. The van der Waals surface area contributed by atoms with E-state index in [4.69, 9.17) is 4.74 Å². The highest BCUT2D eigenvalue weighted by Gasteiger charge is 2.21. The van der Waals surface area contributed by atoms with Gasteiger partial charge in [0.15, 0.2) is 6.61 Å². The Hall–Kier alpha value is -4.31. The summed E-state index contributed by atoms with van der Waals surface area (Å²) in [5, 5.41) is 13.2. The number of rotatable bonds is 5. The molecule has 154 valence electrons. The number of amides is 1. The van der Waals surface area contributed by atoms with E-state index in [2.05, 4.69) is 16.4 Å². The molecule has 0 fully saturated rings. The van der Waals surface area contributed by atoms with Crippen molar-refractivity contribution in [2.75, 3.05) is 11.9 Å². The highest BCUT2D eigenvalue weighted by molar-refractivity contribution is 5.98. The van der Waals surface area contributed by atoms with Crippen molar-refractivity contribution < 1.29 is 14.3 Å². The Kier molecular flexibility index (Phi) is 5.29. The van der Waals surface area contributed by atoms with Crippen molar-refractivity contribution >= 4 is 28.6 Å². The van der Waals surface area contributed by atoms with E-state index in [0.717, 1.165) is 27.8 Å². The van der Waals surface area contributed by atoms with Crippen LogP contribution in [-0.4, -0.2) is 28.0 Å². The Balaban J connectivity index is 1.53. The molecule has 0 saturated carbocycles. The topological polar surface area (TPSA) is 99.9 Å². The van der Waals surface area contributed by atoms with Crippen molar-refractivity contribution in [3.05, 3.63) is 83.2 Å². The molecular weight excluding hydrogens is 392 g/mol. The molecule has 0 aliphatic rings. The molecule has 2 N–H and O–H groups in total. The summed E-state index contributed by atoms with van der Waals surface area (Å²) in [6.45, 7) is 3.24. The van der Waals surface area contributed by atoms with Gasteiger partial charge in [0.25, 0.3) is 5.91 Å². The van der Waals surface area contributed by atoms with Crippen LogP contribution in [0.25, 0.3) is 16.6 Å². The van der Waals surface area contributed by atoms with Crippen LogP contribution >= 0.6 is 0 Å². The largest absolute Gasteiger partial charge is 0.451 e. The SMILES string of the molecule is Cc1c(C#N)c(NC(=O)COC(=O)c2cc3ccccc3[nH]2)n(-c2ccccc2)c1C. The van der Waals surface area contributed by atoms with Gasteiger partial charge in [-0.2, -0.15) is 5.26 Å². The summed E-state index contributed by atoms with van der Waals surface area (Å²) < 4.78 is 6.98. The van der Waals surface area contributed by atoms with Gasteiger partial charge >= 0.3 is 5.97 Å². The van der Waals surface area contributed by atoms with Crippen LogP contribution in [0.4, 0.5) is 5.82 Å². The third kappa shape index (κ3) is 3.79. The molecule has 2 aromatic carbocycles. The van der Waals surface area contributed by atoms with Gasteiger partial charge in [-0.3, -0.25) is 9.36 Å². The second-order valence-corrected chi connectivity index (χ2v) is 7.11. The summed E-state index contributed by atoms with van der Waals surface area (Å²) >= 11 is 0. The van der Waals surface area contributed by atoms with Gasteiger partial charge in [0.05, 0.1) is 5.56 Å². The molecule has 0 bridgehead atoms. The van der Waals surface area contributed by atoms with Crippen molar-refractivity contribution in [3.63, 3.8) is 0 Å². The molecule has 0 unspecified atom stereocenters. The van der Waals surface area contributed by atoms with Gasteiger partial charge < -0.3 is 15.0 Å². The number of carbonyl (C=O) groups excluding carboxylic acids is 2. The maximum Gasteiger partial charge on any atom is 0.355 e. The third-order valence-corrected chi connectivity index (χ3v) is 5.18. The zero-order chi connectivity index (χ0) is 22.0. The first kappa shape index (κ1) is 20.0. The molecule has 7 nitrogen and oxygen atoms in total. The molecule has 2 heterocycles. The first-order valence-corrected chi connectivity index (χ1v) is 9.71. The van der Waals surface area contributed by atoms with Crippen molar-refractivity contribution in [3.8, 4) is 11.8 Å². The van der Waals surface area contributed by atoms with Crippen molar-refractivity contribution in [2.24, 2.45) is 0 Å². The van der Waals surface area contributed by atoms with Crippen molar-refractivity contribution in [2.45, 2.75) is 13.8 Å². The number of nitrogens with zero attached hydrogens (tertiary/aromatic N) is 2. The number of benzene rings is 2. The molecule has 2 aromatic heterocycles. The number of nitrogens with one attached hydrogen (secondary N) is 2. The Morgan fingerprint density at radius 1 is 1.10 bits per heavy atom. The number of esters is 1. The molecule has 0 aliphatic carbocycles. The average Bonchev–Trinajstić information content (AvgIpc) is 3.32. The number of fused-ring (bicyclic) bond motifs is 1. The summed E-state index contributed by atoms with van der Waals surface area (Å²) in [5.41, 5.74) is 3.88. The van der Waals surface area contributed by atoms with Gasteiger partial charge in [-0.25, -0.2) is 4.79 Å². The zero-order valence-corrected chi connectivity index (χ0v) is 17.1. The maximum absolute atomic E-state index is 12.6. The van der Waals surface area contributed by atoms with Crippen LogP contribution in [0.5, 0.6) is 0 Å². The highest BCUT2D eigenvalue weighted by Crippen LogP contribution is 2.29. The lowest BCUT2D eigenvalue weighted by Crippen LogP contribution is -2.23. The summed E-state index contributed by atoms with van der Waals surface area (Å²) in [6, 6.07) is 20.7. The van der Waals surface area contributed by atoms with E-state index in [1.54, 1.807) is 6.07 Å². The number of para-hydroxylation sites is 2. The molecule has 4 aromatic rings. The smallest absolute Gasteiger partial charge is 0.355 e. The van der Waals surface area contributed by atoms with Crippen LogP contribution in [-0.2, 0) is 9.53 Å². The predicted octanol–water partition coefficient (Wildman–Crippen LogP) is 4.24. The van der Waals surface area contributed by atoms with E-state index in [-0.39, 0.29) is 5.69 Å². The van der Waals surface area contributed by atoms with Crippen LogP contribution in [0.15, 0.2) is 60.7 Å². The number of hydrogen-bond acceptors (Lipinski definition) is 4. The molecule has 0 spiro atoms. The second-order valence-electron chi connectivity index (χ2n) is 7.11. The van der Waals surface area contributed by atoms with Gasteiger partial charge in [0.1, 0.15) is 17.6 Å². The van der Waals surface area contributed by atoms with Gasteiger partial charge in [0, 0.05) is 22.3 Å². The molecule has 31 heavy (non-hydrogen) atoms. The van der Waals surface area contributed by atoms with Crippen molar-refractivity contribution in [1.29, 1.82) is 5.26 Å². The molecule has 4 rings (SSSR count). The summed E-state index contributed by atoms with van der Waals surface area (Å²) in [4.78, 5) is 27.9. The second kappa shape index (κ2) is 8.20. The van der Waals surface area contributed by atoms with Gasteiger partial charge in [-0.1, -0.05) is 36.4 Å². The van der Waals surface area contributed by atoms with Crippen LogP contribution < -0.4 is 5.32 Å². The lowest BCUT2D eigenvalue weighted by molar-refractivity contribution is -0.119. The van der Waals surface area contributed by atoms with Crippen LogP contribution in [0.3, 0.4) is 0 Å². The lowest BCUT2D eigenvalue weighted by atomic mass is 10.2. The summed E-state index contributed by atoms with van der Waals surface area (Å²) in [5.74, 6) is -0.802. The average molecular weight is 412 g/mol. The Morgan fingerprint density at radius 3 is 2.52 bits per heavy atom. The number of aromatic amines is 1. The normalized spacial score (nSPS) is 10.6. The number of anilines is 1. The number of H-pyrrole nitrogens is 1. The van der Waals surface area contributed by atoms with Gasteiger partial charge in [-0.15, -0.1) is 0 Å². The fourth-order valence-electron chi connectivity index (χ4n) is 3.52. The van der Waals surface area contributed by atoms with E-state index in [1.165, 1.54) is 0 Å². The Labute approximate surface area is 178 Å². The van der Waals surface area contributed by atoms with E-state index < -0.39 is 18.5 Å². The molecule has 1 amide bonds. The number of hydrogen-bond donors (Lipinski definition) is 2. The summed E-state index contributed by atoms with van der Waals surface area (Å²) in [6.07, 6.45) is 0. The van der Waals surface area contributed by atoms with Crippen LogP contribution in [0.1, 0.15) is 27.3 Å². The van der Waals surface area contributed by atoms with Gasteiger partial charge in [0.2, 0.25) is 0 Å². The molecule has 0 saturated heterocycles. The third-order valence-electron chi connectivity index (χ3n) is 5.18. The molecule has 0 radical (unpaired) electrons. The van der Waals surface area contributed by atoms with E-state index in [0.29, 0.717) is 11.4 Å². The standard InChI is InChI=1S/C24H20N4O3/c1-15-16(2)28(18-9-4-3-5-10-18)23(19(15)13-25)27-22(29)14-31-24(30)21-12-17-8-6-7-11-20(17)26-21/h3-12,26H,14H2,1-2H3,(H,27,29). The van der Waals surface area contributed by atoms with Crippen LogP contribution in [0.2, 0.25) is 0 Å². The number of aromatic nitrogens is 2. The Bertz CT molecular complexity index is 1290. The molecule has 0 aliphatic heterocycles. The fourth-order valence-corrected chi connectivity index (χ4v) is 3.52. The predicted molar refractivity (Wildman–Crippen MR) is 117 cm³/mol. The molecule has 7 heteroatoms. The highest BCUT2D eigenvalue weighted by atomic mass is 16.5. The van der Waals surface area contributed by atoms with E-state index in [1.807, 2.05) is 73.0 Å². The van der Waals surface area contributed by atoms with Gasteiger partial charge in [-0.05, 0) is 43.7 Å². The minimum absolute atomic E-state index is 0.270.